The van der Waals surface area contributed by atoms with Gasteiger partial charge in [0.05, 0.1) is 7.11 Å². The molecule has 3 aromatic rings. The second-order valence-corrected chi connectivity index (χ2v) is 8.03. The van der Waals surface area contributed by atoms with E-state index in [2.05, 4.69) is 0 Å². The molecule has 0 aromatic heterocycles. The Bertz CT molecular complexity index is 823. The summed E-state index contributed by atoms with van der Waals surface area (Å²) in [5.41, 5.74) is 0. The van der Waals surface area contributed by atoms with Crippen molar-refractivity contribution in [2.24, 2.45) is 0 Å². The van der Waals surface area contributed by atoms with E-state index in [1.54, 1.807) is 31.4 Å². The highest BCUT2D eigenvalue weighted by Crippen LogP contribution is 2.42. The van der Waals surface area contributed by atoms with Crippen LogP contribution in [0.15, 0.2) is 72.8 Å². The molecule has 0 spiro atoms. The van der Waals surface area contributed by atoms with Crippen molar-refractivity contribution in [3.8, 4) is 5.75 Å². The van der Waals surface area contributed by atoms with E-state index in [9.17, 15) is 13.3 Å². The number of rotatable bonds is 4. The molecule has 0 saturated heterocycles. The first-order valence-corrected chi connectivity index (χ1v) is 9.01. The van der Waals surface area contributed by atoms with E-state index in [4.69, 9.17) is 4.74 Å². The van der Waals surface area contributed by atoms with Gasteiger partial charge in [0, 0.05) is 15.9 Å². The van der Waals surface area contributed by atoms with Crippen LogP contribution in [0, 0.1) is 11.6 Å². The summed E-state index contributed by atoms with van der Waals surface area (Å²) in [6, 6.07) is 18.0. The summed E-state index contributed by atoms with van der Waals surface area (Å²) in [7, 11) is -1.69. The maximum atomic E-state index is 14.0. The normalized spacial score (nSPS) is 11.3. The standard InChI is InChI=1S/C19H15F2O2P/c1-23-16-6-12-19(13-7-16)24(22,17-8-2-14(20)3-9-17)18-10-4-15(21)5-11-18/h2-13H,1H3. The van der Waals surface area contributed by atoms with Gasteiger partial charge in [-0.3, -0.25) is 0 Å². The monoisotopic (exact) mass is 344 g/mol. The van der Waals surface area contributed by atoms with Crippen LogP contribution in [-0.2, 0) is 4.57 Å². The van der Waals surface area contributed by atoms with Gasteiger partial charge in [-0.05, 0) is 72.8 Å². The zero-order valence-electron chi connectivity index (χ0n) is 12.9. The number of methoxy groups -OCH3 is 1. The second-order valence-electron chi connectivity index (χ2n) is 5.26. The molecule has 0 N–H and O–H groups in total. The Morgan fingerprint density at radius 1 is 0.667 bits per heavy atom. The van der Waals surface area contributed by atoms with Crippen LogP contribution in [0.5, 0.6) is 5.75 Å². The van der Waals surface area contributed by atoms with E-state index in [-0.39, 0.29) is 0 Å². The minimum Gasteiger partial charge on any atom is -0.497 e. The van der Waals surface area contributed by atoms with Crippen LogP contribution in [0.3, 0.4) is 0 Å². The SMILES string of the molecule is COc1ccc(P(=O)(c2ccc(F)cc2)c2ccc(F)cc2)cc1. The quantitative estimate of drug-likeness (QED) is 0.676. The number of benzene rings is 3. The number of ether oxygens (including phenoxy) is 1. The van der Waals surface area contributed by atoms with Crippen molar-refractivity contribution in [3.63, 3.8) is 0 Å². The van der Waals surface area contributed by atoms with Crippen molar-refractivity contribution in [3.05, 3.63) is 84.4 Å². The average Bonchev–Trinajstić information content (AvgIpc) is 2.62. The van der Waals surface area contributed by atoms with Crippen LogP contribution in [0.4, 0.5) is 8.78 Å². The molecule has 0 aliphatic heterocycles. The molecule has 5 heteroatoms. The summed E-state index contributed by atoms with van der Waals surface area (Å²) >= 11 is 0. The van der Waals surface area contributed by atoms with Gasteiger partial charge in [0.25, 0.3) is 0 Å². The van der Waals surface area contributed by atoms with Gasteiger partial charge in [-0.2, -0.15) is 0 Å². The van der Waals surface area contributed by atoms with Crippen molar-refractivity contribution in [2.75, 3.05) is 7.11 Å². The van der Waals surface area contributed by atoms with Crippen molar-refractivity contribution < 1.29 is 18.1 Å². The zero-order chi connectivity index (χ0) is 17.2. The summed E-state index contributed by atoms with van der Waals surface area (Å²) in [6.07, 6.45) is 0. The predicted molar refractivity (Wildman–Crippen MR) is 92.3 cm³/mol. The lowest BCUT2D eigenvalue weighted by Gasteiger charge is -2.20. The molecule has 3 aromatic carbocycles. The number of hydrogen-bond donors (Lipinski definition) is 0. The summed E-state index contributed by atoms with van der Waals surface area (Å²) in [6.45, 7) is 0. The highest BCUT2D eigenvalue weighted by molar-refractivity contribution is 7.85. The first-order chi connectivity index (χ1) is 11.5. The van der Waals surface area contributed by atoms with Gasteiger partial charge < -0.3 is 9.30 Å². The van der Waals surface area contributed by atoms with Crippen molar-refractivity contribution in [2.45, 2.75) is 0 Å². The molecule has 0 heterocycles. The topological polar surface area (TPSA) is 26.3 Å². The van der Waals surface area contributed by atoms with Gasteiger partial charge >= 0.3 is 0 Å². The van der Waals surface area contributed by atoms with E-state index in [1.165, 1.54) is 48.5 Å². The molecule has 3 rings (SSSR count). The Morgan fingerprint density at radius 2 is 1.00 bits per heavy atom. The van der Waals surface area contributed by atoms with Gasteiger partial charge in [-0.25, -0.2) is 8.78 Å². The van der Waals surface area contributed by atoms with Crippen LogP contribution in [0.25, 0.3) is 0 Å². The molecule has 0 amide bonds. The van der Waals surface area contributed by atoms with Gasteiger partial charge in [0.2, 0.25) is 0 Å². The van der Waals surface area contributed by atoms with Crippen LogP contribution < -0.4 is 20.7 Å². The zero-order valence-corrected chi connectivity index (χ0v) is 13.8. The summed E-state index contributed by atoms with van der Waals surface area (Å²) < 4.78 is 45.6. The molecule has 24 heavy (non-hydrogen) atoms. The first kappa shape index (κ1) is 16.4. The Hall–Kier alpha value is -2.45. The molecule has 2 nitrogen and oxygen atoms in total. The van der Waals surface area contributed by atoms with E-state index in [1.807, 2.05) is 0 Å². The highest BCUT2D eigenvalue weighted by atomic mass is 31.2. The number of halogens is 2. The second kappa shape index (κ2) is 6.58. The fourth-order valence-corrected chi connectivity index (χ4v) is 5.14. The summed E-state index contributed by atoms with van der Waals surface area (Å²) in [5.74, 6) is -0.165. The molecular weight excluding hydrogens is 329 g/mol. The highest BCUT2D eigenvalue weighted by Gasteiger charge is 2.29. The predicted octanol–water partition coefficient (Wildman–Crippen LogP) is 3.61. The maximum Gasteiger partial charge on any atom is 0.171 e. The minimum absolute atomic E-state index is 0.404. The van der Waals surface area contributed by atoms with E-state index >= 15 is 0 Å². The summed E-state index contributed by atoms with van der Waals surface area (Å²) in [5, 5.41) is 1.54. The van der Waals surface area contributed by atoms with Gasteiger partial charge in [-0.1, -0.05) is 0 Å². The molecule has 0 unspecified atom stereocenters. The Morgan fingerprint density at radius 3 is 1.33 bits per heavy atom. The van der Waals surface area contributed by atoms with Crippen LogP contribution in [0.2, 0.25) is 0 Å². The Balaban J connectivity index is 2.21. The van der Waals surface area contributed by atoms with E-state index < -0.39 is 18.8 Å². The molecule has 0 aliphatic rings. The minimum atomic E-state index is -3.24. The van der Waals surface area contributed by atoms with E-state index in [0.717, 1.165) is 0 Å². The van der Waals surface area contributed by atoms with E-state index in [0.29, 0.717) is 21.7 Å². The van der Waals surface area contributed by atoms with Gasteiger partial charge in [0.1, 0.15) is 17.4 Å². The molecule has 122 valence electrons. The van der Waals surface area contributed by atoms with Crippen LogP contribution in [0.1, 0.15) is 0 Å². The third-order valence-electron chi connectivity index (χ3n) is 3.82. The Kier molecular flexibility index (Phi) is 4.50. The molecule has 0 atom stereocenters. The van der Waals surface area contributed by atoms with Crippen molar-refractivity contribution in [1.82, 2.24) is 0 Å². The average molecular weight is 344 g/mol. The molecule has 0 bridgehead atoms. The largest absolute Gasteiger partial charge is 0.497 e. The lowest BCUT2D eigenvalue weighted by Crippen LogP contribution is -2.25. The van der Waals surface area contributed by atoms with Crippen molar-refractivity contribution in [1.29, 1.82) is 0 Å². The maximum absolute atomic E-state index is 14.0. The van der Waals surface area contributed by atoms with Gasteiger partial charge in [-0.15, -0.1) is 0 Å². The first-order valence-electron chi connectivity index (χ1n) is 7.31. The third kappa shape index (κ3) is 2.98. The lowest BCUT2D eigenvalue weighted by atomic mass is 10.3. The summed E-state index contributed by atoms with van der Waals surface area (Å²) in [4.78, 5) is 0. The molecular formula is C19H15F2O2P. The Labute approximate surface area is 139 Å². The third-order valence-corrected chi connectivity index (χ3v) is 6.89. The molecule has 0 fully saturated rings. The number of hydrogen-bond acceptors (Lipinski definition) is 2. The van der Waals surface area contributed by atoms with Gasteiger partial charge in [0.15, 0.2) is 7.14 Å². The fourth-order valence-electron chi connectivity index (χ4n) is 2.54. The van der Waals surface area contributed by atoms with Crippen LogP contribution >= 0.6 is 7.14 Å². The van der Waals surface area contributed by atoms with Crippen LogP contribution in [-0.4, -0.2) is 7.11 Å². The smallest absolute Gasteiger partial charge is 0.171 e. The fraction of sp³-hybridized carbons (Fsp3) is 0.0526. The molecule has 0 aliphatic carbocycles. The molecule has 0 saturated carbocycles. The van der Waals surface area contributed by atoms with Crippen molar-refractivity contribution >= 4 is 23.1 Å². The lowest BCUT2D eigenvalue weighted by molar-refractivity contribution is 0.415. The molecule has 0 radical (unpaired) electrons.